The zero-order valence-corrected chi connectivity index (χ0v) is 12.3. The second-order valence-corrected chi connectivity index (χ2v) is 7.52. The van der Waals surface area contributed by atoms with Crippen LogP contribution in [0.25, 0.3) is 0 Å². The SMILES string of the molecule is CN1C(=O)CCC12CCN(S(=O)(=O)c1ccccc1)C2. The third kappa shape index (κ3) is 1.94. The van der Waals surface area contributed by atoms with Crippen LogP contribution in [-0.4, -0.2) is 49.2 Å². The van der Waals surface area contributed by atoms with Gasteiger partial charge < -0.3 is 4.90 Å². The van der Waals surface area contributed by atoms with Gasteiger partial charge in [0, 0.05) is 26.6 Å². The first-order chi connectivity index (χ1) is 9.46. The number of rotatable bonds is 2. The molecule has 2 heterocycles. The van der Waals surface area contributed by atoms with Crippen LogP contribution in [0.15, 0.2) is 35.2 Å². The van der Waals surface area contributed by atoms with Crippen molar-refractivity contribution < 1.29 is 13.2 Å². The lowest BCUT2D eigenvalue weighted by molar-refractivity contribution is -0.129. The fraction of sp³-hybridized carbons (Fsp3) is 0.500. The molecule has 1 spiro atoms. The van der Waals surface area contributed by atoms with Crippen molar-refractivity contribution in [3.8, 4) is 0 Å². The lowest BCUT2D eigenvalue weighted by Crippen LogP contribution is -2.46. The Morgan fingerprint density at radius 2 is 1.85 bits per heavy atom. The molecule has 3 rings (SSSR count). The predicted molar refractivity (Wildman–Crippen MR) is 74.6 cm³/mol. The monoisotopic (exact) mass is 294 g/mol. The van der Waals surface area contributed by atoms with E-state index in [2.05, 4.69) is 0 Å². The molecular weight excluding hydrogens is 276 g/mol. The van der Waals surface area contributed by atoms with Crippen molar-refractivity contribution in [2.75, 3.05) is 20.1 Å². The van der Waals surface area contributed by atoms with Gasteiger partial charge in [0.1, 0.15) is 0 Å². The Morgan fingerprint density at radius 1 is 1.15 bits per heavy atom. The average Bonchev–Trinajstić information content (AvgIpc) is 3.01. The number of likely N-dealkylation sites (N-methyl/N-ethyl adjacent to an activating group) is 1. The molecule has 0 aliphatic carbocycles. The van der Waals surface area contributed by atoms with E-state index in [4.69, 9.17) is 0 Å². The summed E-state index contributed by atoms with van der Waals surface area (Å²) in [7, 11) is -1.66. The van der Waals surface area contributed by atoms with Crippen molar-refractivity contribution in [2.24, 2.45) is 0 Å². The van der Waals surface area contributed by atoms with Crippen LogP contribution in [0.1, 0.15) is 19.3 Å². The molecule has 20 heavy (non-hydrogen) atoms. The van der Waals surface area contributed by atoms with E-state index in [1.54, 1.807) is 42.3 Å². The molecule has 0 radical (unpaired) electrons. The first kappa shape index (κ1) is 13.6. The van der Waals surface area contributed by atoms with Crippen LogP contribution >= 0.6 is 0 Å². The molecule has 2 saturated heterocycles. The molecule has 5 nitrogen and oxygen atoms in total. The Morgan fingerprint density at radius 3 is 2.45 bits per heavy atom. The molecule has 0 saturated carbocycles. The minimum Gasteiger partial charge on any atom is -0.339 e. The van der Waals surface area contributed by atoms with Crippen LogP contribution in [-0.2, 0) is 14.8 Å². The van der Waals surface area contributed by atoms with Crippen molar-refractivity contribution in [1.82, 2.24) is 9.21 Å². The standard InChI is InChI=1S/C14H18N2O3S/c1-15-13(17)7-8-14(15)9-10-16(11-14)20(18,19)12-5-3-2-4-6-12/h2-6H,7-11H2,1H3. The van der Waals surface area contributed by atoms with E-state index >= 15 is 0 Å². The summed E-state index contributed by atoms with van der Waals surface area (Å²) in [6.07, 6.45) is 2.00. The summed E-state index contributed by atoms with van der Waals surface area (Å²) in [5, 5.41) is 0. The van der Waals surface area contributed by atoms with E-state index in [0.29, 0.717) is 24.4 Å². The Hall–Kier alpha value is -1.40. The summed E-state index contributed by atoms with van der Waals surface area (Å²) in [6, 6.07) is 8.48. The molecule has 6 heteroatoms. The van der Waals surface area contributed by atoms with E-state index in [-0.39, 0.29) is 11.4 Å². The van der Waals surface area contributed by atoms with Crippen LogP contribution in [0.5, 0.6) is 0 Å². The number of amides is 1. The minimum atomic E-state index is -3.45. The van der Waals surface area contributed by atoms with Crippen LogP contribution in [0.4, 0.5) is 0 Å². The molecule has 1 atom stereocenters. The van der Waals surface area contributed by atoms with Gasteiger partial charge in [0.2, 0.25) is 15.9 Å². The quantitative estimate of drug-likeness (QED) is 0.820. The second-order valence-electron chi connectivity index (χ2n) is 5.58. The summed E-state index contributed by atoms with van der Waals surface area (Å²) in [5.74, 6) is 0.115. The van der Waals surface area contributed by atoms with Gasteiger partial charge in [-0.2, -0.15) is 4.31 Å². The number of hydrogen-bond donors (Lipinski definition) is 0. The Balaban J connectivity index is 1.86. The fourth-order valence-corrected chi connectivity index (χ4v) is 4.72. The smallest absolute Gasteiger partial charge is 0.243 e. The molecule has 1 unspecified atom stereocenters. The maximum Gasteiger partial charge on any atom is 0.243 e. The lowest BCUT2D eigenvalue weighted by Gasteiger charge is -2.31. The van der Waals surface area contributed by atoms with Gasteiger partial charge in [-0.25, -0.2) is 8.42 Å². The first-order valence-corrected chi connectivity index (χ1v) is 8.22. The number of benzene rings is 1. The van der Waals surface area contributed by atoms with E-state index < -0.39 is 10.0 Å². The molecule has 1 aromatic rings. The van der Waals surface area contributed by atoms with Gasteiger partial charge in [-0.3, -0.25) is 4.79 Å². The number of hydrogen-bond acceptors (Lipinski definition) is 3. The van der Waals surface area contributed by atoms with Crippen LogP contribution < -0.4 is 0 Å². The van der Waals surface area contributed by atoms with Crippen LogP contribution in [0.3, 0.4) is 0 Å². The molecule has 2 fully saturated rings. The number of likely N-dealkylation sites (tertiary alicyclic amines) is 1. The summed E-state index contributed by atoms with van der Waals surface area (Å²) in [5.41, 5.74) is -0.293. The highest BCUT2D eigenvalue weighted by molar-refractivity contribution is 7.89. The van der Waals surface area contributed by atoms with Gasteiger partial charge in [0.05, 0.1) is 10.4 Å². The summed E-state index contributed by atoms with van der Waals surface area (Å²) in [6.45, 7) is 0.890. The van der Waals surface area contributed by atoms with Crippen molar-refractivity contribution >= 4 is 15.9 Å². The molecule has 2 aliphatic heterocycles. The van der Waals surface area contributed by atoms with Crippen molar-refractivity contribution in [1.29, 1.82) is 0 Å². The average molecular weight is 294 g/mol. The molecule has 0 aromatic heterocycles. The molecule has 0 N–H and O–H groups in total. The van der Waals surface area contributed by atoms with Crippen molar-refractivity contribution in [3.63, 3.8) is 0 Å². The van der Waals surface area contributed by atoms with Crippen molar-refractivity contribution in [2.45, 2.75) is 29.7 Å². The third-order valence-electron chi connectivity index (χ3n) is 4.57. The van der Waals surface area contributed by atoms with Gasteiger partial charge >= 0.3 is 0 Å². The third-order valence-corrected chi connectivity index (χ3v) is 6.43. The highest BCUT2D eigenvalue weighted by Crippen LogP contribution is 2.38. The molecular formula is C14H18N2O3S. The Bertz CT molecular complexity index is 629. The van der Waals surface area contributed by atoms with E-state index in [1.807, 2.05) is 0 Å². The van der Waals surface area contributed by atoms with Crippen LogP contribution in [0.2, 0.25) is 0 Å². The number of sulfonamides is 1. The molecule has 1 amide bonds. The normalized spacial score (nSPS) is 27.6. The number of carbonyl (C=O) groups excluding carboxylic acids is 1. The predicted octanol–water partition coefficient (Wildman–Crippen LogP) is 1.07. The highest BCUT2D eigenvalue weighted by Gasteiger charge is 2.50. The number of carbonyl (C=O) groups is 1. The summed E-state index contributed by atoms with van der Waals surface area (Å²) >= 11 is 0. The lowest BCUT2D eigenvalue weighted by atomic mass is 9.96. The second kappa shape index (κ2) is 4.56. The van der Waals surface area contributed by atoms with Gasteiger partial charge in [0.25, 0.3) is 0 Å². The van der Waals surface area contributed by atoms with Gasteiger partial charge in [-0.15, -0.1) is 0 Å². The maximum absolute atomic E-state index is 12.6. The fourth-order valence-electron chi connectivity index (χ4n) is 3.18. The first-order valence-electron chi connectivity index (χ1n) is 6.78. The van der Waals surface area contributed by atoms with Gasteiger partial charge in [-0.1, -0.05) is 18.2 Å². The minimum absolute atomic E-state index is 0.115. The molecule has 0 bridgehead atoms. The highest BCUT2D eigenvalue weighted by atomic mass is 32.2. The summed E-state index contributed by atoms with van der Waals surface area (Å²) < 4.78 is 26.7. The van der Waals surface area contributed by atoms with E-state index in [9.17, 15) is 13.2 Å². The summed E-state index contributed by atoms with van der Waals surface area (Å²) in [4.78, 5) is 13.8. The number of nitrogens with zero attached hydrogens (tertiary/aromatic N) is 2. The van der Waals surface area contributed by atoms with E-state index in [1.165, 1.54) is 4.31 Å². The molecule has 1 aromatic carbocycles. The topological polar surface area (TPSA) is 57.7 Å². The zero-order chi connectivity index (χ0) is 14.4. The zero-order valence-electron chi connectivity index (χ0n) is 11.4. The van der Waals surface area contributed by atoms with Gasteiger partial charge in [0.15, 0.2) is 0 Å². The Kier molecular flexibility index (Phi) is 3.10. The van der Waals surface area contributed by atoms with Crippen molar-refractivity contribution in [3.05, 3.63) is 30.3 Å². The maximum atomic E-state index is 12.6. The molecule has 108 valence electrons. The van der Waals surface area contributed by atoms with Crippen LogP contribution in [0, 0.1) is 0 Å². The molecule has 2 aliphatic rings. The van der Waals surface area contributed by atoms with Gasteiger partial charge in [-0.05, 0) is 25.0 Å². The largest absolute Gasteiger partial charge is 0.339 e. The Labute approximate surface area is 119 Å². The van der Waals surface area contributed by atoms with E-state index in [0.717, 1.165) is 12.8 Å².